The predicted octanol–water partition coefficient (Wildman–Crippen LogP) is 4.78. The van der Waals surface area contributed by atoms with Gasteiger partial charge in [0.1, 0.15) is 17.6 Å². The van der Waals surface area contributed by atoms with Gasteiger partial charge < -0.3 is 13.6 Å². The van der Waals surface area contributed by atoms with Crippen LogP contribution in [-0.4, -0.2) is 6.61 Å². The normalized spacial score (nSPS) is 11.4. The molecule has 4 nitrogen and oxygen atoms in total. The van der Waals surface area contributed by atoms with E-state index in [0.29, 0.717) is 18.8 Å². The van der Waals surface area contributed by atoms with Crippen LogP contribution < -0.4 is 5.82 Å². The summed E-state index contributed by atoms with van der Waals surface area (Å²) < 4.78 is 16.3. The highest BCUT2D eigenvalue weighted by Crippen LogP contribution is 2.40. The van der Waals surface area contributed by atoms with Crippen molar-refractivity contribution in [1.82, 2.24) is 0 Å². The molecule has 0 fully saturated rings. The van der Waals surface area contributed by atoms with Crippen LogP contribution in [0.25, 0.3) is 0 Å². The van der Waals surface area contributed by atoms with Crippen LogP contribution in [0.5, 0.6) is 0 Å². The minimum atomic E-state index is -0.784. The lowest BCUT2D eigenvalue weighted by Gasteiger charge is -2.36. The van der Waals surface area contributed by atoms with Gasteiger partial charge in [-0.05, 0) is 16.7 Å². The molecule has 3 aromatic carbocycles. The van der Waals surface area contributed by atoms with Crippen molar-refractivity contribution in [3.05, 3.63) is 130 Å². The Kier molecular flexibility index (Phi) is 5.22. The predicted molar refractivity (Wildman–Crippen MR) is 106 cm³/mol. The number of hydrogen-bond donors (Lipinski definition) is 0. The Morgan fingerprint density at radius 3 is 1.57 bits per heavy atom. The maximum atomic E-state index is 11.1. The van der Waals surface area contributed by atoms with Gasteiger partial charge in [0.25, 0.3) is 0 Å². The molecule has 0 atom stereocenters. The second kappa shape index (κ2) is 8.11. The Bertz CT molecular complexity index is 953. The minimum Gasteiger partial charge on any atom is -0.399 e. The van der Waals surface area contributed by atoms with Crippen molar-refractivity contribution < 1.29 is 13.6 Å². The Hall–Kier alpha value is -3.37. The molecule has 0 bridgehead atoms. The molecule has 0 amide bonds. The van der Waals surface area contributed by atoms with Gasteiger partial charge in [0.2, 0.25) is 0 Å². The molecule has 1 aromatic heterocycles. The molecule has 140 valence electrons. The van der Waals surface area contributed by atoms with Gasteiger partial charge in [0.05, 0.1) is 6.61 Å². The molecule has 28 heavy (non-hydrogen) atoms. The summed E-state index contributed by atoms with van der Waals surface area (Å²) in [5, 5.41) is 0. The van der Waals surface area contributed by atoms with Gasteiger partial charge in [-0.2, -0.15) is 0 Å². The van der Waals surface area contributed by atoms with Crippen LogP contribution in [0.3, 0.4) is 0 Å². The molecule has 1 heterocycles. The first-order chi connectivity index (χ1) is 13.8. The van der Waals surface area contributed by atoms with Crippen LogP contribution in [0.2, 0.25) is 0 Å². The number of rotatable bonds is 7. The molecule has 0 aliphatic carbocycles. The van der Waals surface area contributed by atoms with Crippen molar-refractivity contribution in [2.45, 2.75) is 12.0 Å². The highest BCUT2D eigenvalue weighted by molar-refractivity contribution is 5.47. The van der Waals surface area contributed by atoms with Crippen molar-refractivity contribution >= 4 is 0 Å². The van der Waals surface area contributed by atoms with Gasteiger partial charge >= 0.3 is 5.82 Å². The first kappa shape index (κ1) is 18.0. The second-order valence-corrected chi connectivity index (χ2v) is 6.43. The zero-order valence-corrected chi connectivity index (χ0v) is 15.3. The Morgan fingerprint density at radius 1 is 0.714 bits per heavy atom. The van der Waals surface area contributed by atoms with Crippen LogP contribution in [0, 0.1) is 0 Å². The first-order valence-corrected chi connectivity index (χ1v) is 9.17. The summed E-state index contributed by atoms with van der Waals surface area (Å²) in [6.45, 7) is 0.348. The largest absolute Gasteiger partial charge is 0.518 e. The molecule has 0 saturated heterocycles. The van der Waals surface area contributed by atoms with Crippen LogP contribution in [-0.2, 0) is 16.8 Å². The van der Waals surface area contributed by atoms with E-state index >= 15 is 0 Å². The molecule has 4 aromatic rings. The fourth-order valence-corrected chi connectivity index (χ4v) is 3.45. The van der Waals surface area contributed by atoms with Crippen molar-refractivity contribution in [3.8, 4) is 0 Å². The molecule has 0 radical (unpaired) electrons. The van der Waals surface area contributed by atoms with Crippen LogP contribution in [0.15, 0.2) is 111 Å². The average molecular weight is 372 g/mol. The van der Waals surface area contributed by atoms with E-state index in [0.717, 1.165) is 16.7 Å². The van der Waals surface area contributed by atoms with E-state index in [-0.39, 0.29) is 0 Å². The quantitative estimate of drug-likeness (QED) is 0.438. The number of ether oxygens (including phenoxy) is 1. The van der Waals surface area contributed by atoms with E-state index in [2.05, 4.69) is 36.4 Å². The van der Waals surface area contributed by atoms with Crippen LogP contribution in [0.1, 0.15) is 22.5 Å². The fraction of sp³-hybridized carbons (Fsp3) is 0.125. The molecule has 0 spiro atoms. The third-order valence-corrected chi connectivity index (χ3v) is 4.71. The van der Waals surface area contributed by atoms with Gasteiger partial charge in [-0.1, -0.05) is 91.0 Å². The third-order valence-electron chi connectivity index (χ3n) is 4.71. The Morgan fingerprint density at radius 2 is 1.18 bits per heavy atom. The zero-order valence-electron chi connectivity index (χ0n) is 15.3. The highest BCUT2D eigenvalue weighted by atomic mass is 16.6. The standard InChI is InChI=1S/C24H20O4/c25-23-26-18-22(28-23)16-17-27-24(19-10-4-1-5-11-19,20-12-6-2-7-13-20)21-14-8-3-9-15-21/h1-15,18H,16-17H2. The van der Waals surface area contributed by atoms with Crippen molar-refractivity contribution in [2.24, 2.45) is 0 Å². The van der Waals surface area contributed by atoms with Crippen molar-refractivity contribution in [2.75, 3.05) is 6.61 Å². The monoisotopic (exact) mass is 372 g/mol. The summed E-state index contributed by atoms with van der Waals surface area (Å²) in [7, 11) is 0. The number of benzene rings is 3. The van der Waals surface area contributed by atoms with Gasteiger partial charge in [-0.25, -0.2) is 4.79 Å². The molecule has 0 saturated carbocycles. The highest BCUT2D eigenvalue weighted by Gasteiger charge is 2.37. The Labute approximate surface area is 163 Å². The molecular formula is C24H20O4. The topological polar surface area (TPSA) is 52.6 Å². The lowest BCUT2D eigenvalue weighted by atomic mass is 9.80. The first-order valence-electron chi connectivity index (χ1n) is 9.17. The van der Waals surface area contributed by atoms with Crippen molar-refractivity contribution in [1.29, 1.82) is 0 Å². The van der Waals surface area contributed by atoms with Gasteiger partial charge in [0, 0.05) is 6.42 Å². The van der Waals surface area contributed by atoms with E-state index in [4.69, 9.17) is 13.6 Å². The number of hydrogen-bond acceptors (Lipinski definition) is 4. The van der Waals surface area contributed by atoms with E-state index in [1.807, 2.05) is 54.6 Å². The van der Waals surface area contributed by atoms with E-state index in [9.17, 15) is 4.79 Å². The second-order valence-electron chi connectivity index (χ2n) is 6.43. The fourth-order valence-electron chi connectivity index (χ4n) is 3.45. The molecule has 0 aliphatic rings. The zero-order chi connectivity index (χ0) is 19.2. The summed E-state index contributed by atoms with van der Waals surface area (Å²) in [6, 6.07) is 30.4. The van der Waals surface area contributed by atoms with Gasteiger partial charge in [-0.15, -0.1) is 0 Å². The third kappa shape index (κ3) is 3.55. The van der Waals surface area contributed by atoms with Crippen LogP contribution in [0.4, 0.5) is 0 Å². The Balaban J connectivity index is 1.79. The summed E-state index contributed by atoms with van der Waals surface area (Å²) >= 11 is 0. The summed E-state index contributed by atoms with van der Waals surface area (Å²) in [6.07, 6.45) is 1.76. The molecular weight excluding hydrogens is 352 g/mol. The lowest BCUT2D eigenvalue weighted by molar-refractivity contribution is 0.0130. The molecule has 4 rings (SSSR count). The molecule has 0 aliphatic heterocycles. The van der Waals surface area contributed by atoms with Gasteiger partial charge in [-0.3, -0.25) is 0 Å². The maximum Gasteiger partial charge on any atom is 0.518 e. The SMILES string of the molecule is O=c1occ(CCOC(c2ccccc2)(c2ccccc2)c2ccccc2)o1. The van der Waals surface area contributed by atoms with Crippen molar-refractivity contribution in [3.63, 3.8) is 0 Å². The molecule has 0 unspecified atom stereocenters. The van der Waals surface area contributed by atoms with Gasteiger partial charge in [0.15, 0.2) is 0 Å². The van der Waals surface area contributed by atoms with E-state index in [1.165, 1.54) is 6.26 Å². The van der Waals surface area contributed by atoms with E-state index < -0.39 is 11.4 Å². The summed E-state index contributed by atoms with van der Waals surface area (Å²) in [4.78, 5) is 11.1. The van der Waals surface area contributed by atoms with Crippen LogP contribution >= 0.6 is 0 Å². The lowest BCUT2D eigenvalue weighted by Crippen LogP contribution is -2.33. The van der Waals surface area contributed by atoms with E-state index in [1.54, 1.807) is 0 Å². The smallest absolute Gasteiger partial charge is 0.399 e. The maximum absolute atomic E-state index is 11.1. The summed E-state index contributed by atoms with van der Waals surface area (Å²) in [5.41, 5.74) is 2.30. The minimum absolute atomic E-state index is 0.348. The average Bonchev–Trinajstić information content (AvgIpc) is 3.18. The summed E-state index contributed by atoms with van der Waals surface area (Å²) in [5.74, 6) is -0.233. The molecule has 4 heteroatoms. The molecule has 0 N–H and O–H groups in total.